The van der Waals surface area contributed by atoms with Crippen LogP contribution >= 0.6 is 0 Å². The Bertz CT molecular complexity index is 1430. The van der Waals surface area contributed by atoms with Gasteiger partial charge in [-0.05, 0) is 47.5 Å². The third kappa shape index (κ3) is 3.38. The van der Waals surface area contributed by atoms with Crippen LogP contribution in [0, 0.1) is 17.5 Å². The van der Waals surface area contributed by atoms with Gasteiger partial charge in [-0.1, -0.05) is 24.3 Å². The second kappa shape index (κ2) is 7.40. The van der Waals surface area contributed by atoms with E-state index >= 15 is 0 Å². The topological polar surface area (TPSA) is 83.4 Å². The standard InChI is InChI=1S/C24H16F3N3O3/c25-16-6-3-14-11-30(21(31)19(14)10-16)12-24(22(32)28-23(33)29-24)15-4-1-13(2-5-15)18-9-17(26)7-8-20(18)27/h1-11,31H,12H2,(H2,28,29,32,33)/t24-/m0/s1. The first kappa shape index (κ1) is 20.6. The number of halogens is 3. The van der Waals surface area contributed by atoms with Gasteiger partial charge >= 0.3 is 6.03 Å². The number of imide groups is 1. The molecule has 6 nitrogen and oxygen atoms in total. The molecule has 1 atom stereocenters. The summed E-state index contributed by atoms with van der Waals surface area (Å²) in [6.45, 7) is -0.194. The number of rotatable bonds is 4. The van der Waals surface area contributed by atoms with Crippen molar-refractivity contribution in [3.8, 4) is 17.0 Å². The van der Waals surface area contributed by atoms with Gasteiger partial charge in [0.15, 0.2) is 11.4 Å². The number of aromatic nitrogens is 1. The molecule has 1 saturated heterocycles. The Kier molecular flexibility index (Phi) is 4.63. The summed E-state index contributed by atoms with van der Waals surface area (Å²) in [5.41, 5.74) is -0.816. The SMILES string of the molecule is O=C1NC(=O)[C@](Cn2cc3ccc(F)cc3c2O)(c2ccc(-c3cc(F)ccc3F)cc2)N1. The molecule has 5 rings (SSSR count). The molecule has 3 N–H and O–H groups in total. The van der Waals surface area contributed by atoms with Crippen molar-refractivity contribution in [2.24, 2.45) is 0 Å². The Morgan fingerprint density at radius 1 is 0.909 bits per heavy atom. The number of fused-ring (bicyclic) bond motifs is 1. The van der Waals surface area contributed by atoms with E-state index in [1.807, 2.05) is 0 Å². The zero-order valence-corrected chi connectivity index (χ0v) is 16.9. The third-order valence-electron chi connectivity index (χ3n) is 5.79. The van der Waals surface area contributed by atoms with E-state index in [4.69, 9.17) is 0 Å². The molecule has 33 heavy (non-hydrogen) atoms. The van der Waals surface area contributed by atoms with Crippen LogP contribution in [0.3, 0.4) is 0 Å². The van der Waals surface area contributed by atoms with Crippen LogP contribution in [-0.2, 0) is 16.9 Å². The summed E-state index contributed by atoms with van der Waals surface area (Å²) in [5.74, 6) is -2.66. The number of nitrogens with one attached hydrogen (secondary N) is 2. The van der Waals surface area contributed by atoms with Crippen LogP contribution in [-0.4, -0.2) is 21.6 Å². The van der Waals surface area contributed by atoms with Gasteiger partial charge in [-0.25, -0.2) is 18.0 Å². The van der Waals surface area contributed by atoms with Gasteiger partial charge in [-0.3, -0.25) is 10.1 Å². The molecule has 1 aliphatic rings. The fourth-order valence-corrected chi connectivity index (χ4v) is 4.15. The largest absolute Gasteiger partial charge is 0.494 e. The van der Waals surface area contributed by atoms with Gasteiger partial charge < -0.3 is 15.0 Å². The lowest BCUT2D eigenvalue weighted by atomic mass is 9.88. The number of hydrogen-bond acceptors (Lipinski definition) is 3. The van der Waals surface area contributed by atoms with E-state index in [-0.39, 0.29) is 23.4 Å². The Hall–Kier alpha value is -4.27. The first-order valence-electron chi connectivity index (χ1n) is 9.94. The monoisotopic (exact) mass is 451 g/mol. The predicted molar refractivity (Wildman–Crippen MR) is 114 cm³/mol. The number of urea groups is 1. The van der Waals surface area contributed by atoms with E-state index in [1.165, 1.54) is 47.0 Å². The number of aromatic hydroxyl groups is 1. The van der Waals surface area contributed by atoms with Gasteiger partial charge in [-0.15, -0.1) is 0 Å². The molecule has 166 valence electrons. The van der Waals surface area contributed by atoms with E-state index in [2.05, 4.69) is 10.6 Å². The molecule has 3 aromatic carbocycles. The van der Waals surface area contributed by atoms with Crippen LogP contribution in [0.2, 0.25) is 0 Å². The van der Waals surface area contributed by atoms with E-state index in [9.17, 15) is 27.9 Å². The fourth-order valence-electron chi connectivity index (χ4n) is 4.15. The number of carbonyl (C=O) groups is 2. The molecule has 1 fully saturated rings. The normalized spacial score (nSPS) is 17.9. The maximum Gasteiger partial charge on any atom is 0.322 e. The zero-order valence-electron chi connectivity index (χ0n) is 16.9. The van der Waals surface area contributed by atoms with Gasteiger partial charge in [0.2, 0.25) is 0 Å². The summed E-state index contributed by atoms with van der Waals surface area (Å²) in [5, 5.41) is 16.2. The van der Waals surface area contributed by atoms with Crippen molar-refractivity contribution in [3.63, 3.8) is 0 Å². The minimum atomic E-state index is -1.60. The lowest BCUT2D eigenvalue weighted by Crippen LogP contribution is -2.47. The van der Waals surface area contributed by atoms with Crippen LogP contribution < -0.4 is 10.6 Å². The van der Waals surface area contributed by atoms with Crippen molar-refractivity contribution in [2.45, 2.75) is 12.1 Å². The number of carbonyl (C=O) groups excluding carboxylic acids is 2. The summed E-state index contributed by atoms with van der Waals surface area (Å²) in [7, 11) is 0. The van der Waals surface area contributed by atoms with E-state index in [1.54, 1.807) is 6.20 Å². The maximum atomic E-state index is 14.2. The maximum absolute atomic E-state index is 14.2. The molecule has 0 aliphatic carbocycles. The minimum absolute atomic E-state index is 0.0480. The number of benzene rings is 3. The smallest absolute Gasteiger partial charge is 0.322 e. The minimum Gasteiger partial charge on any atom is -0.494 e. The Morgan fingerprint density at radius 3 is 2.30 bits per heavy atom. The molecule has 4 aromatic rings. The van der Waals surface area contributed by atoms with Crippen LogP contribution in [0.15, 0.2) is 66.9 Å². The average Bonchev–Trinajstić information content (AvgIpc) is 3.25. The highest BCUT2D eigenvalue weighted by atomic mass is 19.1. The summed E-state index contributed by atoms with van der Waals surface area (Å²) >= 11 is 0. The molecule has 9 heteroatoms. The fraction of sp³-hybridized carbons (Fsp3) is 0.0833. The molecule has 0 radical (unpaired) electrons. The van der Waals surface area contributed by atoms with E-state index in [0.717, 1.165) is 18.2 Å². The van der Waals surface area contributed by atoms with Gasteiger partial charge in [0, 0.05) is 22.5 Å². The highest BCUT2D eigenvalue weighted by Gasteiger charge is 2.48. The summed E-state index contributed by atoms with van der Waals surface area (Å²) in [6, 6.07) is 12.3. The van der Waals surface area contributed by atoms with E-state index in [0.29, 0.717) is 16.5 Å². The highest BCUT2D eigenvalue weighted by Crippen LogP contribution is 2.34. The second-order valence-electron chi connectivity index (χ2n) is 7.83. The highest BCUT2D eigenvalue weighted by molar-refractivity contribution is 6.07. The van der Waals surface area contributed by atoms with Gasteiger partial charge in [-0.2, -0.15) is 0 Å². The quantitative estimate of drug-likeness (QED) is 0.408. The van der Waals surface area contributed by atoms with E-state index < -0.39 is 34.9 Å². The molecule has 0 unspecified atom stereocenters. The Labute approximate surface area is 185 Å². The van der Waals surface area contributed by atoms with Crippen molar-refractivity contribution in [1.82, 2.24) is 15.2 Å². The molecule has 0 bridgehead atoms. The van der Waals surface area contributed by atoms with Crippen LogP contribution in [0.1, 0.15) is 5.56 Å². The second-order valence-corrected chi connectivity index (χ2v) is 7.83. The molecule has 1 aromatic heterocycles. The summed E-state index contributed by atoms with van der Waals surface area (Å²) in [4.78, 5) is 24.9. The van der Waals surface area contributed by atoms with Gasteiger partial charge in [0.05, 0.1) is 6.54 Å². The zero-order chi connectivity index (χ0) is 23.3. The number of amides is 3. The van der Waals surface area contributed by atoms with Crippen LogP contribution in [0.4, 0.5) is 18.0 Å². The molecular formula is C24H16F3N3O3. The lowest BCUT2D eigenvalue weighted by Gasteiger charge is -2.27. The summed E-state index contributed by atoms with van der Waals surface area (Å²) < 4.78 is 42.7. The van der Waals surface area contributed by atoms with Crippen molar-refractivity contribution >= 4 is 22.7 Å². The number of hydrogen-bond donors (Lipinski definition) is 3. The summed E-state index contributed by atoms with van der Waals surface area (Å²) in [6.07, 6.45) is 1.54. The molecule has 1 aliphatic heterocycles. The molecule has 3 amide bonds. The van der Waals surface area contributed by atoms with Crippen LogP contribution in [0.25, 0.3) is 21.9 Å². The molecule has 2 heterocycles. The van der Waals surface area contributed by atoms with Gasteiger partial charge in [0.1, 0.15) is 17.5 Å². The van der Waals surface area contributed by atoms with Crippen molar-refractivity contribution in [2.75, 3.05) is 0 Å². The average molecular weight is 451 g/mol. The lowest BCUT2D eigenvalue weighted by molar-refractivity contribution is -0.124. The van der Waals surface area contributed by atoms with Crippen molar-refractivity contribution in [3.05, 3.63) is 89.9 Å². The Morgan fingerprint density at radius 2 is 1.61 bits per heavy atom. The molecule has 0 spiro atoms. The Balaban J connectivity index is 1.58. The van der Waals surface area contributed by atoms with Crippen molar-refractivity contribution < 1.29 is 27.9 Å². The molecule has 0 saturated carbocycles. The third-order valence-corrected chi connectivity index (χ3v) is 5.79. The predicted octanol–water partition coefficient (Wildman–Crippen LogP) is 4.17. The number of nitrogens with zero attached hydrogens (tertiary/aromatic N) is 1. The first-order chi connectivity index (χ1) is 15.8. The molecular weight excluding hydrogens is 435 g/mol. The van der Waals surface area contributed by atoms with Crippen molar-refractivity contribution in [1.29, 1.82) is 0 Å². The van der Waals surface area contributed by atoms with Gasteiger partial charge in [0.25, 0.3) is 5.91 Å². The van der Waals surface area contributed by atoms with Crippen LogP contribution in [0.5, 0.6) is 5.88 Å². The first-order valence-corrected chi connectivity index (χ1v) is 9.94.